The molecule has 130 valence electrons. The summed E-state index contributed by atoms with van der Waals surface area (Å²) in [5.41, 5.74) is 7.87. The van der Waals surface area contributed by atoms with Crippen molar-refractivity contribution in [1.82, 2.24) is 15.2 Å². The molecule has 0 amide bonds. The van der Waals surface area contributed by atoms with Crippen molar-refractivity contribution in [3.8, 4) is 5.75 Å². The molecule has 0 aliphatic carbocycles. The molecule has 1 atom stereocenters. The van der Waals surface area contributed by atoms with Crippen LogP contribution in [0.5, 0.6) is 5.75 Å². The van der Waals surface area contributed by atoms with Gasteiger partial charge in [-0.25, -0.2) is 9.37 Å². The van der Waals surface area contributed by atoms with Crippen LogP contribution in [-0.4, -0.2) is 28.8 Å². The van der Waals surface area contributed by atoms with Gasteiger partial charge in [-0.2, -0.15) is 5.10 Å². The second-order valence-corrected chi connectivity index (χ2v) is 5.58. The maximum absolute atomic E-state index is 13.0. The maximum atomic E-state index is 13.0. The highest BCUT2D eigenvalue weighted by Crippen LogP contribution is 2.18. The molecule has 3 rings (SSSR count). The fraction of sp³-hybridized carbons (Fsp3) is 0.222. The molecule has 0 unspecified atom stereocenters. The van der Waals surface area contributed by atoms with E-state index in [-0.39, 0.29) is 5.82 Å². The van der Waals surface area contributed by atoms with Gasteiger partial charge in [0, 0.05) is 24.7 Å². The number of hydrogen-bond donors (Lipinski definition) is 3. The van der Waals surface area contributed by atoms with Gasteiger partial charge in [-0.05, 0) is 29.8 Å². The zero-order valence-corrected chi connectivity index (χ0v) is 13.9. The number of nitrogens with zero attached hydrogens (tertiary/aromatic N) is 2. The molecule has 0 aliphatic rings. The van der Waals surface area contributed by atoms with Crippen molar-refractivity contribution in [2.24, 2.45) is 5.73 Å². The van der Waals surface area contributed by atoms with Gasteiger partial charge in [-0.15, -0.1) is 0 Å². The third kappa shape index (κ3) is 4.33. The minimum Gasteiger partial charge on any atom is -0.497 e. The Bertz CT molecular complexity index is 818. The highest BCUT2D eigenvalue weighted by Gasteiger charge is 2.14. The molecule has 0 spiro atoms. The van der Waals surface area contributed by atoms with Crippen LogP contribution in [0.4, 0.5) is 10.1 Å². The van der Waals surface area contributed by atoms with E-state index in [9.17, 15) is 4.39 Å². The molecule has 4 N–H and O–H groups in total. The molecule has 0 saturated heterocycles. The van der Waals surface area contributed by atoms with E-state index >= 15 is 0 Å². The number of benzene rings is 2. The van der Waals surface area contributed by atoms with E-state index in [4.69, 9.17) is 10.5 Å². The van der Waals surface area contributed by atoms with Crippen LogP contribution in [0, 0.1) is 5.82 Å². The van der Waals surface area contributed by atoms with Crippen molar-refractivity contribution in [2.45, 2.75) is 12.5 Å². The van der Waals surface area contributed by atoms with E-state index in [0.29, 0.717) is 18.8 Å². The Labute approximate surface area is 145 Å². The van der Waals surface area contributed by atoms with Crippen LogP contribution in [0.1, 0.15) is 23.3 Å². The van der Waals surface area contributed by atoms with Gasteiger partial charge in [0.05, 0.1) is 13.2 Å². The molecule has 1 aromatic heterocycles. The van der Waals surface area contributed by atoms with Crippen molar-refractivity contribution in [3.05, 3.63) is 71.6 Å². The first-order chi connectivity index (χ1) is 12.2. The number of rotatable bonds is 7. The molecule has 0 saturated carbocycles. The predicted molar refractivity (Wildman–Crippen MR) is 94.0 cm³/mol. The van der Waals surface area contributed by atoms with E-state index in [1.807, 2.05) is 24.3 Å². The molecule has 1 heterocycles. The number of nitrogens with one attached hydrogen (secondary N) is 2. The summed E-state index contributed by atoms with van der Waals surface area (Å²) >= 11 is 0. The zero-order chi connectivity index (χ0) is 17.6. The summed E-state index contributed by atoms with van der Waals surface area (Å²) in [4.78, 5) is 4.42. The maximum Gasteiger partial charge on any atom is 0.171 e. The Morgan fingerprint density at radius 1 is 1.24 bits per heavy atom. The average Bonchev–Trinajstić information content (AvgIpc) is 3.11. The third-order valence-corrected chi connectivity index (χ3v) is 3.82. The predicted octanol–water partition coefficient (Wildman–Crippen LogP) is 2.66. The number of aromatic nitrogens is 3. The summed E-state index contributed by atoms with van der Waals surface area (Å²) in [6.07, 6.45) is 0.667. The molecule has 0 bridgehead atoms. The Balaban J connectivity index is 1.57. The number of ether oxygens (including phenoxy) is 1. The summed E-state index contributed by atoms with van der Waals surface area (Å²) in [5.74, 6) is 1.73. The van der Waals surface area contributed by atoms with E-state index in [1.54, 1.807) is 19.2 Å². The number of aromatic amines is 1. The fourth-order valence-corrected chi connectivity index (χ4v) is 2.44. The lowest BCUT2D eigenvalue weighted by atomic mass is 10.1. The van der Waals surface area contributed by atoms with Crippen LogP contribution in [0.15, 0.2) is 48.5 Å². The second kappa shape index (κ2) is 7.76. The lowest BCUT2D eigenvalue weighted by Crippen LogP contribution is -2.14. The van der Waals surface area contributed by atoms with Gasteiger partial charge in [0.15, 0.2) is 5.82 Å². The molecule has 7 heteroatoms. The average molecular weight is 341 g/mol. The number of methoxy groups -OCH3 is 1. The van der Waals surface area contributed by atoms with Gasteiger partial charge >= 0.3 is 0 Å². The monoisotopic (exact) mass is 341 g/mol. The highest BCUT2D eigenvalue weighted by molar-refractivity contribution is 5.48. The summed E-state index contributed by atoms with van der Waals surface area (Å²) in [6.45, 7) is 0.688. The van der Waals surface area contributed by atoms with Gasteiger partial charge in [0.2, 0.25) is 0 Å². The molecular formula is C18H20FN5O. The minimum atomic E-state index is -0.489. The second-order valence-electron chi connectivity index (χ2n) is 5.58. The standard InChI is InChI=1S/C18H20FN5O/c1-25-15-4-2-3-14(11-15)21-10-9-16-22-18(24-23-16)17(20)12-5-7-13(19)8-6-12/h2-8,11,17,21H,9-10,20H2,1H3,(H,22,23,24)/t17-/m0/s1. The summed E-state index contributed by atoms with van der Waals surface area (Å²) in [7, 11) is 1.64. The van der Waals surface area contributed by atoms with Crippen molar-refractivity contribution in [2.75, 3.05) is 19.0 Å². The molecule has 6 nitrogen and oxygen atoms in total. The Kier molecular flexibility index (Phi) is 5.25. The molecule has 0 radical (unpaired) electrons. The number of H-pyrrole nitrogens is 1. The van der Waals surface area contributed by atoms with Crippen LogP contribution in [0.3, 0.4) is 0 Å². The fourth-order valence-electron chi connectivity index (χ4n) is 2.44. The SMILES string of the molecule is COc1cccc(NCCc2nc([C@@H](N)c3ccc(F)cc3)n[nH]2)c1. The summed E-state index contributed by atoms with van der Waals surface area (Å²) in [6, 6.07) is 13.3. The van der Waals surface area contributed by atoms with Gasteiger partial charge in [0.1, 0.15) is 17.4 Å². The van der Waals surface area contributed by atoms with Gasteiger partial charge in [0.25, 0.3) is 0 Å². The van der Waals surface area contributed by atoms with Crippen LogP contribution in [0.25, 0.3) is 0 Å². The lowest BCUT2D eigenvalue weighted by Gasteiger charge is -2.07. The quantitative estimate of drug-likeness (QED) is 0.615. The first kappa shape index (κ1) is 16.9. The van der Waals surface area contributed by atoms with Gasteiger partial charge in [-0.3, -0.25) is 5.10 Å². The molecule has 0 aliphatic heterocycles. The molecule has 0 fully saturated rings. The smallest absolute Gasteiger partial charge is 0.171 e. The lowest BCUT2D eigenvalue weighted by molar-refractivity contribution is 0.415. The highest BCUT2D eigenvalue weighted by atomic mass is 19.1. The topological polar surface area (TPSA) is 88.8 Å². The minimum absolute atomic E-state index is 0.296. The van der Waals surface area contributed by atoms with Crippen molar-refractivity contribution >= 4 is 5.69 Å². The van der Waals surface area contributed by atoms with Crippen LogP contribution in [-0.2, 0) is 6.42 Å². The normalized spacial score (nSPS) is 12.0. The van der Waals surface area contributed by atoms with Gasteiger partial charge in [-0.1, -0.05) is 18.2 Å². The number of anilines is 1. The van der Waals surface area contributed by atoms with E-state index in [0.717, 1.165) is 22.8 Å². The van der Waals surface area contributed by atoms with Crippen molar-refractivity contribution in [3.63, 3.8) is 0 Å². The number of halogens is 1. The Hall–Kier alpha value is -2.93. The van der Waals surface area contributed by atoms with E-state index < -0.39 is 6.04 Å². The van der Waals surface area contributed by atoms with Crippen LogP contribution < -0.4 is 15.8 Å². The van der Waals surface area contributed by atoms with Gasteiger partial charge < -0.3 is 15.8 Å². The van der Waals surface area contributed by atoms with E-state index in [1.165, 1.54) is 12.1 Å². The van der Waals surface area contributed by atoms with E-state index in [2.05, 4.69) is 20.5 Å². The molecule has 3 aromatic rings. The van der Waals surface area contributed by atoms with Crippen LogP contribution in [0.2, 0.25) is 0 Å². The first-order valence-electron chi connectivity index (χ1n) is 7.96. The third-order valence-electron chi connectivity index (χ3n) is 3.82. The molecule has 25 heavy (non-hydrogen) atoms. The molecule has 2 aromatic carbocycles. The largest absolute Gasteiger partial charge is 0.497 e. The van der Waals surface area contributed by atoms with Crippen LogP contribution >= 0.6 is 0 Å². The van der Waals surface area contributed by atoms with Crippen molar-refractivity contribution < 1.29 is 9.13 Å². The Morgan fingerprint density at radius 2 is 2.04 bits per heavy atom. The number of nitrogens with two attached hydrogens (primary N) is 1. The first-order valence-corrected chi connectivity index (χ1v) is 7.96. The summed E-state index contributed by atoms with van der Waals surface area (Å²) < 4.78 is 18.2. The zero-order valence-electron chi connectivity index (χ0n) is 13.9. The van der Waals surface area contributed by atoms with Crippen molar-refractivity contribution in [1.29, 1.82) is 0 Å². The molecular weight excluding hydrogens is 321 g/mol. The summed E-state index contributed by atoms with van der Waals surface area (Å²) in [5, 5.41) is 10.4. The number of hydrogen-bond acceptors (Lipinski definition) is 5. The Morgan fingerprint density at radius 3 is 2.80 bits per heavy atom.